The normalized spacial score (nSPS) is 13.5. The maximum atomic E-state index is 8.62. The summed E-state index contributed by atoms with van der Waals surface area (Å²) in [4.78, 5) is 6.21. The van der Waals surface area contributed by atoms with E-state index in [4.69, 9.17) is 15.7 Å². The maximum absolute atomic E-state index is 8.62. The monoisotopic (exact) mass is 238 g/mol. The summed E-state index contributed by atoms with van der Waals surface area (Å²) in [7, 11) is 3.58. The van der Waals surface area contributed by atoms with Crippen molar-refractivity contribution in [1.82, 2.24) is 4.98 Å². The summed E-state index contributed by atoms with van der Waals surface area (Å²) in [5, 5.41) is 11.6. The molecule has 0 amide bonds. The van der Waals surface area contributed by atoms with Crippen LogP contribution in [0.5, 0.6) is 0 Å². The van der Waals surface area contributed by atoms with Crippen LogP contribution in [-0.2, 0) is 4.74 Å². The molecule has 1 rings (SSSR count). The molecule has 0 bridgehead atoms. The summed E-state index contributed by atoms with van der Waals surface area (Å²) in [6.07, 6.45) is 1.62. The predicted octanol–water partition coefficient (Wildman–Crippen LogP) is 0.647. The average molecular weight is 238 g/mol. The molecule has 0 aliphatic heterocycles. The number of likely N-dealkylation sites (N-methyl/N-ethyl adjacent to an activating group) is 1. The summed E-state index contributed by atoms with van der Waals surface area (Å²) in [5.74, 6) is 0.820. The van der Waals surface area contributed by atoms with Gasteiger partial charge in [0.25, 0.3) is 0 Å². The number of nitrogens with two attached hydrogens (primary N) is 1. The van der Waals surface area contributed by atoms with Gasteiger partial charge in [-0.1, -0.05) is 5.16 Å². The van der Waals surface area contributed by atoms with Crippen LogP contribution >= 0.6 is 0 Å². The number of methoxy groups -OCH3 is 1. The summed E-state index contributed by atoms with van der Waals surface area (Å²) >= 11 is 0. The molecule has 6 heteroatoms. The number of aromatic nitrogens is 1. The smallest absolute Gasteiger partial charge is 0.170 e. The van der Waals surface area contributed by atoms with Crippen LogP contribution in [0.15, 0.2) is 23.5 Å². The Kier molecular flexibility index (Phi) is 4.71. The molecule has 0 saturated heterocycles. The number of rotatable bonds is 5. The number of amidine groups is 1. The topological polar surface area (TPSA) is 84.0 Å². The summed E-state index contributed by atoms with van der Waals surface area (Å²) < 4.78 is 5.09. The number of oxime groups is 1. The number of nitrogens with zero attached hydrogens (tertiary/aromatic N) is 3. The van der Waals surface area contributed by atoms with Crippen LogP contribution in [0, 0.1) is 0 Å². The Hall–Kier alpha value is -1.82. The van der Waals surface area contributed by atoms with E-state index < -0.39 is 0 Å². The van der Waals surface area contributed by atoms with Gasteiger partial charge in [0.1, 0.15) is 5.82 Å². The van der Waals surface area contributed by atoms with Gasteiger partial charge in [-0.15, -0.1) is 0 Å². The molecule has 1 unspecified atom stereocenters. The van der Waals surface area contributed by atoms with Gasteiger partial charge < -0.3 is 20.6 Å². The Labute approximate surface area is 101 Å². The van der Waals surface area contributed by atoms with Crippen LogP contribution in [0.2, 0.25) is 0 Å². The molecular formula is C11H18N4O2. The van der Waals surface area contributed by atoms with Crippen molar-refractivity contribution < 1.29 is 9.94 Å². The highest BCUT2D eigenvalue weighted by Gasteiger charge is 2.12. The molecule has 0 aromatic carbocycles. The van der Waals surface area contributed by atoms with Crippen molar-refractivity contribution in [2.45, 2.75) is 13.0 Å². The molecule has 3 N–H and O–H groups in total. The van der Waals surface area contributed by atoms with Crippen molar-refractivity contribution in [3.8, 4) is 0 Å². The molecule has 0 spiro atoms. The zero-order chi connectivity index (χ0) is 12.8. The van der Waals surface area contributed by atoms with Gasteiger partial charge in [0.05, 0.1) is 12.6 Å². The number of anilines is 1. The van der Waals surface area contributed by atoms with Gasteiger partial charge in [-0.3, -0.25) is 0 Å². The van der Waals surface area contributed by atoms with Crippen LogP contribution in [0.3, 0.4) is 0 Å². The molecule has 0 saturated carbocycles. The minimum atomic E-state index is 0.0708. The van der Waals surface area contributed by atoms with Crippen molar-refractivity contribution in [2.24, 2.45) is 10.9 Å². The van der Waals surface area contributed by atoms with Gasteiger partial charge in [0.15, 0.2) is 5.84 Å². The largest absolute Gasteiger partial charge is 0.409 e. The summed E-state index contributed by atoms with van der Waals surface area (Å²) in [5.41, 5.74) is 6.16. The Morgan fingerprint density at radius 2 is 2.41 bits per heavy atom. The molecule has 0 aliphatic rings. The quantitative estimate of drug-likeness (QED) is 0.340. The minimum Gasteiger partial charge on any atom is -0.409 e. The van der Waals surface area contributed by atoms with E-state index in [0.29, 0.717) is 12.2 Å². The van der Waals surface area contributed by atoms with Crippen LogP contribution in [0.1, 0.15) is 12.5 Å². The third-order valence-electron chi connectivity index (χ3n) is 2.58. The fraction of sp³-hybridized carbons (Fsp3) is 0.455. The molecule has 0 radical (unpaired) electrons. The van der Waals surface area contributed by atoms with E-state index >= 15 is 0 Å². The first-order valence-corrected chi connectivity index (χ1v) is 5.25. The third-order valence-corrected chi connectivity index (χ3v) is 2.58. The first kappa shape index (κ1) is 13.2. The van der Waals surface area contributed by atoms with E-state index in [0.717, 1.165) is 5.82 Å². The highest BCUT2D eigenvalue weighted by molar-refractivity contribution is 5.97. The second kappa shape index (κ2) is 6.05. The Morgan fingerprint density at radius 3 is 3.00 bits per heavy atom. The van der Waals surface area contributed by atoms with Crippen molar-refractivity contribution in [3.05, 3.63) is 23.9 Å². The standard InChI is InChI=1S/C11H18N4O2/c1-8(7-17-3)15(2)10-6-9(4-5-13-10)11(12)14-16/h4-6,8,16H,7H2,1-3H3,(H2,12,14). The second-order valence-electron chi connectivity index (χ2n) is 3.80. The van der Waals surface area contributed by atoms with E-state index in [2.05, 4.69) is 10.1 Å². The van der Waals surface area contributed by atoms with Crippen molar-refractivity contribution in [2.75, 3.05) is 25.7 Å². The minimum absolute atomic E-state index is 0.0708. The lowest BCUT2D eigenvalue weighted by Crippen LogP contribution is -2.33. The molecule has 0 aliphatic carbocycles. The SMILES string of the molecule is COCC(C)N(C)c1cc(/C(N)=N/O)ccn1. The third kappa shape index (κ3) is 3.32. The van der Waals surface area contributed by atoms with Crippen LogP contribution in [0.4, 0.5) is 5.82 Å². The van der Waals surface area contributed by atoms with E-state index in [1.54, 1.807) is 25.4 Å². The second-order valence-corrected chi connectivity index (χ2v) is 3.80. The van der Waals surface area contributed by atoms with Gasteiger partial charge in [-0.2, -0.15) is 0 Å². The first-order chi connectivity index (χ1) is 8.10. The van der Waals surface area contributed by atoms with E-state index in [-0.39, 0.29) is 11.9 Å². The summed E-state index contributed by atoms with van der Waals surface area (Å²) in [6, 6.07) is 3.64. The zero-order valence-electron chi connectivity index (χ0n) is 10.3. The van der Waals surface area contributed by atoms with Gasteiger partial charge in [0, 0.05) is 25.9 Å². The van der Waals surface area contributed by atoms with Crippen molar-refractivity contribution >= 4 is 11.7 Å². The fourth-order valence-electron chi connectivity index (χ4n) is 1.41. The molecule has 0 fully saturated rings. The van der Waals surface area contributed by atoms with E-state index in [1.807, 2.05) is 18.9 Å². The molecule has 17 heavy (non-hydrogen) atoms. The highest BCUT2D eigenvalue weighted by atomic mass is 16.5. The summed E-state index contributed by atoms with van der Waals surface area (Å²) in [6.45, 7) is 2.63. The number of hydrogen-bond donors (Lipinski definition) is 2. The fourth-order valence-corrected chi connectivity index (χ4v) is 1.41. The molecule has 1 heterocycles. The lowest BCUT2D eigenvalue weighted by molar-refractivity contribution is 0.183. The van der Waals surface area contributed by atoms with Gasteiger partial charge in [-0.05, 0) is 19.1 Å². The Morgan fingerprint density at radius 1 is 1.71 bits per heavy atom. The number of ether oxygens (including phenoxy) is 1. The molecule has 1 atom stereocenters. The van der Waals surface area contributed by atoms with Gasteiger partial charge in [0.2, 0.25) is 0 Å². The zero-order valence-corrected chi connectivity index (χ0v) is 10.3. The van der Waals surface area contributed by atoms with E-state index in [9.17, 15) is 0 Å². The van der Waals surface area contributed by atoms with Crippen LogP contribution in [0.25, 0.3) is 0 Å². The number of hydrogen-bond acceptors (Lipinski definition) is 5. The first-order valence-electron chi connectivity index (χ1n) is 5.25. The molecule has 1 aromatic heterocycles. The Balaban J connectivity index is 2.91. The van der Waals surface area contributed by atoms with Gasteiger partial charge in [-0.25, -0.2) is 4.98 Å². The lowest BCUT2D eigenvalue weighted by Gasteiger charge is -2.25. The Bertz CT molecular complexity index is 395. The van der Waals surface area contributed by atoms with Crippen LogP contribution < -0.4 is 10.6 Å². The van der Waals surface area contributed by atoms with Crippen molar-refractivity contribution in [3.63, 3.8) is 0 Å². The maximum Gasteiger partial charge on any atom is 0.170 e. The molecule has 94 valence electrons. The lowest BCUT2D eigenvalue weighted by atomic mass is 10.2. The van der Waals surface area contributed by atoms with Crippen LogP contribution in [-0.4, -0.2) is 42.8 Å². The number of pyridine rings is 1. The predicted molar refractivity (Wildman–Crippen MR) is 66.5 cm³/mol. The van der Waals surface area contributed by atoms with Gasteiger partial charge >= 0.3 is 0 Å². The highest BCUT2D eigenvalue weighted by Crippen LogP contribution is 2.13. The molecule has 6 nitrogen and oxygen atoms in total. The van der Waals surface area contributed by atoms with Crippen molar-refractivity contribution in [1.29, 1.82) is 0 Å². The molecular weight excluding hydrogens is 220 g/mol. The average Bonchev–Trinajstić information content (AvgIpc) is 2.37. The molecule has 1 aromatic rings. The van der Waals surface area contributed by atoms with E-state index in [1.165, 1.54) is 0 Å².